The van der Waals surface area contributed by atoms with Crippen LogP contribution in [0.5, 0.6) is 0 Å². The summed E-state index contributed by atoms with van der Waals surface area (Å²) < 4.78 is 1.66. The summed E-state index contributed by atoms with van der Waals surface area (Å²) in [5, 5.41) is 3.35. The Labute approximate surface area is 96.7 Å². The van der Waals surface area contributed by atoms with Crippen molar-refractivity contribution >= 4 is 0 Å². The van der Waals surface area contributed by atoms with Crippen LogP contribution < -0.4 is 10.9 Å². The lowest BCUT2D eigenvalue weighted by Gasteiger charge is -2.08. The number of nitrogens with one attached hydrogen (secondary N) is 1. The van der Waals surface area contributed by atoms with E-state index in [2.05, 4.69) is 24.1 Å². The fourth-order valence-electron chi connectivity index (χ4n) is 1.45. The number of nitrogens with zero attached hydrogens (tertiary/aromatic N) is 2. The molecule has 0 aliphatic heterocycles. The van der Waals surface area contributed by atoms with Crippen molar-refractivity contribution in [3.8, 4) is 0 Å². The fourth-order valence-corrected chi connectivity index (χ4v) is 1.45. The van der Waals surface area contributed by atoms with Crippen LogP contribution in [0.25, 0.3) is 0 Å². The van der Waals surface area contributed by atoms with Gasteiger partial charge in [-0.15, -0.1) is 0 Å². The molecule has 16 heavy (non-hydrogen) atoms. The summed E-state index contributed by atoms with van der Waals surface area (Å²) in [6.07, 6.45) is 2.58. The Morgan fingerprint density at radius 2 is 2.25 bits per heavy atom. The number of hydrogen-bond donors (Lipinski definition) is 1. The molecule has 0 radical (unpaired) electrons. The molecule has 0 atom stereocenters. The zero-order chi connectivity index (χ0) is 12.0. The maximum Gasteiger partial charge on any atom is 0.253 e. The molecule has 1 heterocycles. The summed E-state index contributed by atoms with van der Waals surface area (Å²) in [6.45, 7) is 8.90. The third-order valence-corrected chi connectivity index (χ3v) is 2.32. The number of hydrogen-bond acceptors (Lipinski definition) is 3. The first-order valence-corrected chi connectivity index (χ1v) is 5.83. The largest absolute Gasteiger partial charge is 0.316 e. The number of aromatic nitrogens is 2. The molecular weight excluding hydrogens is 202 g/mol. The van der Waals surface area contributed by atoms with Gasteiger partial charge in [-0.2, -0.15) is 0 Å². The molecule has 1 aromatic heterocycles. The van der Waals surface area contributed by atoms with Gasteiger partial charge in [-0.05, 0) is 32.4 Å². The molecule has 0 fully saturated rings. The van der Waals surface area contributed by atoms with Gasteiger partial charge in [-0.3, -0.25) is 9.36 Å². The molecule has 0 spiro atoms. The summed E-state index contributed by atoms with van der Waals surface area (Å²) in [5.74, 6) is 0.670. The molecule has 0 aromatic carbocycles. The van der Waals surface area contributed by atoms with Crippen LogP contribution in [0.4, 0.5) is 0 Å². The second-order valence-corrected chi connectivity index (χ2v) is 4.51. The van der Waals surface area contributed by atoms with Crippen molar-refractivity contribution in [2.24, 2.45) is 5.92 Å². The number of rotatable bonds is 6. The first-order valence-electron chi connectivity index (χ1n) is 5.83. The van der Waals surface area contributed by atoms with E-state index in [1.165, 1.54) is 0 Å². The van der Waals surface area contributed by atoms with E-state index < -0.39 is 0 Å². The molecule has 4 heteroatoms. The Kier molecular flexibility index (Phi) is 5.19. The molecule has 0 amide bonds. The molecular formula is C12H21N3O. The zero-order valence-corrected chi connectivity index (χ0v) is 10.4. The highest BCUT2D eigenvalue weighted by Gasteiger charge is 1.97. The van der Waals surface area contributed by atoms with E-state index >= 15 is 0 Å². The Balaban J connectivity index is 2.30. The van der Waals surface area contributed by atoms with E-state index in [1.54, 1.807) is 17.0 Å². The Bertz CT molecular complexity index is 371. The van der Waals surface area contributed by atoms with E-state index in [0.29, 0.717) is 5.92 Å². The molecule has 4 nitrogen and oxygen atoms in total. The van der Waals surface area contributed by atoms with Gasteiger partial charge in [0, 0.05) is 18.3 Å². The van der Waals surface area contributed by atoms with Gasteiger partial charge in [-0.1, -0.05) is 13.8 Å². The maximum atomic E-state index is 11.5. The summed E-state index contributed by atoms with van der Waals surface area (Å²) in [4.78, 5) is 15.6. The maximum absolute atomic E-state index is 11.5. The third kappa shape index (κ3) is 4.57. The normalized spacial score (nSPS) is 11.0. The van der Waals surface area contributed by atoms with E-state index in [9.17, 15) is 4.79 Å². The van der Waals surface area contributed by atoms with Gasteiger partial charge in [0.05, 0.1) is 6.33 Å². The lowest BCUT2D eigenvalue weighted by Crippen LogP contribution is -2.25. The summed E-state index contributed by atoms with van der Waals surface area (Å²) in [7, 11) is 0. The average Bonchev–Trinajstić information content (AvgIpc) is 2.20. The van der Waals surface area contributed by atoms with Crippen LogP contribution in [-0.4, -0.2) is 22.6 Å². The van der Waals surface area contributed by atoms with Crippen molar-refractivity contribution in [2.75, 3.05) is 13.1 Å². The zero-order valence-electron chi connectivity index (χ0n) is 10.4. The standard InChI is InChI=1S/C12H21N3O/c1-10(2)8-13-5-4-6-15-9-14-11(3)7-12(15)16/h7,9-10,13H,4-6,8H2,1-3H3. The molecule has 0 saturated heterocycles. The molecule has 0 unspecified atom stereocenters. The van der Waals surface area contributed by atoms with Gasteiger partial charge < -0.3 is 5.32 Å². The average molecular weight is 223 g/mol. The van der Waals surface area contributed by atoms with Crippen molar-refractivity contribution in [3.63, 3.8) is 0 Å². The molecule has 0 bridgehead atoms. The van der Waals surface area contributed by atoms with Crippen LogP contribution in [0.1, 0.15) is 26.0 Å². The smallest absolute Gasteiger partial charge is 0.253 e. The summed E-state index contributed by atoms with van der Waals surface area (Å²) in [6, 6.07) is 1.57. The minimum absolute atomic E-state index is 0.0383. The van der Waals surface area contributed by atoms with Gasteiger partial charge in [0.2, 0.25) is 0 Å². The van der Waals surface area contributed by atoms with E-state index in [0.717, 1.165) is 31.7 Å². The third-order valence-electron chi connectivity index (χ3n) is 2.32. The van der Waals surface area contributed by atoms with Crippen LogP contribution in [0.3, 0.4) is 0 Å². The van der Waals surface area contributed by atoms with Crippen molar-refractivity contribution < 1.29 is 0 Å². The molecule has 1 N–H and O–H groups in total. The highest BCUT2D eigenvalue weighted by molar-refractivity contribution is 4.95. The molecule has 1 aromatic rings. The number of aryl methyl sites for hydroxylation is 2. The fraction of sp³-hybridized carbons (Fsp3) is 0.667. The van der Waals surface area contributed by atoms with Gasteiger partial charge in [0.25, 0.3) is 5.56 Å². The van der Waals surface area contributed by atoms with Crippen molar-refractivity contribution in [1.82, 2.24) is 14.9 Å². The van der Waals surface area contributed by atoms with Crippen LogP contribution in [0.2, 0.25) is 0 Å². The monoisotopic (exact) mass is 223 g/mol. The Morgan fingerprint density at radius 1 is 1.50 bits per heavy atom. The first kappa shape index (κ1) is 12.9. The highest BCUT2D eigenvalue weighted by atomic mass is 16.1. The van der Waals surface area contributed by atoms with Crippen molar-refractivity contribution in [3.05, 3.63) is 28.4 Å². The lowest BCUT2D eigenvalue weighted by molar-refractivity contribution is 0.515. The van der Waals surface area contributed by atoms with E-state index in [1.807, 2.05) is 6.92 Å². The van der Waals surface area contributed by atoms with Gasteiger partial charge in [0.15, 0.2) is 0 Å². The second kappa shape index (κ2) is 6.43. The predicted octanol–water partition coefficient (Wildman–Crippen LogP) is 1.19. The first-order chi connectivity index (χ1) is 7.59. The predicted molar refractivity (Wildman–Crippen MR) is 65.6 cm³/mol. The molecule has 0 aliphatic carbocycles. The summed E-state index contributed by atoms with van der Waals surface area (Å²) in [5.41, 5.74) is 0.815. The molecule has 1 rings (SSSR count). The van der Waals surface area contributed by atoms with Crippen LogP contribution >= 0.6 is 0 Å². The highest BCUT2D eigenvalue weighted by Crippen LogP contribution is 1.90. The molecule has 0 saturated carbocycles. The minimum Gasteiger partial charge on any atom is -0.316 e. The SMILES string of the molecule is Cc1cc(=O)n(CCCNCC(C)C)cn1. The van der Waals surface area contributed by atoms with E-state index in [-0.39, 0.29) is 5.56 Å². The Morgan fingerprint density at radius 3 is 2.88 bits per heavy atom. The molecule has 0 aliphatic rings. The van der Waals surface area contributed by atoms with Crippen LogP contribution in [-0.2, 0) is 6.54 Å². The van der Waals surface area contributed by atoms with Crippen molar-refractivity contribution in [2.45, 2.75) is 33.7 Å². The molecule has 90 valence electrons. The van der Waals surface area contributed by atoms with E-state index in [4.69, 9.17) is 0 Å². The lowest BCUT2D eigenvalue weighted by atomic mass is 10.2. The van der Waals surface area contributed by atoms with Crippen LogP contribution in [0.15, 0.2) is 17.2 Å². The van der Waals surface area contributed by atoms with Gasteiger partial charge in [0.1, 0.15) is 0 Å². The second-order valence-electron chi connectivity index (χ2n) is 4.51. The quantitative estimate of drug-likeness (QED) is 0.737. The minimum atomic E-state index is 0.0383. The van der Waals surface area contributed by atoms with Gasteiger partial charge in [-0.25, -0.2) is 4.98 Å². The Hall–Kier alpha value is -1.16. The van der Waals surface area contributed by atoms with Crippen LogP contribution in [0, 0.1) is 12.8 Å². The van der Waals surface area contributed by atoms with Crippen molar-refractivity contribution in [1.29, 1.82) is 0 Å². The topological polar surface area (TPSA) is 46.9 Å². The van der Waals surface area contributed by atoms with Gasteiger partial charge >= 0.3 is 0 Å². The summed E-state index contributed by atoms with van der Waals surface area (Å²) >= 11 is 0.